The first-order valence-electron chi connectivity index (χ1n) is 6.95. The van der Waals surface area contributed by atoms with Crippen LogP contribution in [0.1, 0.15) is 42.3 Å². The number of nitrogens with one attached hydrogen (secondary N) is 1. The van der Waals surface area contributed by atoms with Gasteiger partial charge in [-0.25, -0.2) is 4.98 Å². The van der Waals surface area contributed by atoms with Crippen LogP contribution in [0.15, 0.2) is 30.5 Å². The van der Waals surface area contributed by atoms with E-state index in [9.17, 15) is 0 Å². The van der Waals surface area contributed by atoms with Gasteiger partial charge in [0.25, 0.3) is 0 Å². The highest BCUT2D eigenvalue weighted by Gasteiger charge is 2.26. The Morgan fingerprint density at radius 1 is 1.35 bits per heavy atom. The van der Waals surface area contributed by atoms with E-state index in [1.165, 1.54) is 10.4 Å². The summed E-state index contributed by atoms with van der Waals surface area (Å²) in [7, 11) is 0. The predicted octanol–water partition coefficient (Wildman–Crippen LogP) is 3.71. The van der Waals surface area contributed by atoms with E-state index >= 15 is 0 Å². The summed E-state index contributed by atoms with van der Waals surface area (Å²) in [6, 6.07) is 8.24. The molecule has 0 spiro atoms. The van der Waals surface area contributed by atoms with Gasteiger partial charge >= 0.3 is 0 Å². The minimum Gasteiger partial charge on any atom is -0.483 e. The predicted molar refractivity (Wildman–Crippen MR) is 82.2 cm³/mol. The summed E-state index contributed by atoms with van der Waals surface area (Å²) in [6.07, 6.45) is 2.97. The molecule has 0 fully saturated rings. The summed E-state index contributed by atoms with van der Waals surface area (Å²) in [4.78, 5) is 5.79. The third-order valence-corrected chi connectivity index (χ3v) is 4.38. The number of hydrogen-bond acceptors (Lipinski definition) is 4. The highest BCUT2D eigenvalue weighted by Crippen LogP contribution is 2.37. The standard InChI is InChI=1S/C16H20N2OS/c1-16(2,3)18-10-12-9-17-15(20-12)14-8-11-6-4-5-7-13(11)19-14/h4-7,9,14,18H,8,10H2,1-3H3. The largest absolute Gasteiger partial charge is 0.483 e. The molecule has 3 nitrogen and oxygen atoms in total. The van der Waals surface area contributed by atoms with Crippen LogP contribution in [0.25, 0.3) is 0 Å². The summed E-state index contributed by atoms with van der Waals surface area (Å²) < 4.78 is 5.98. The number of ether oxygens (including phenoxy) is 1. The van der Waals surface area contributed by atoms with E-state index in [1.54, 1.807) is 11.3 Å². The Morgan fingerprint density at radius 3 is 2.90 bits per heavy atom. The first-order valence-corrected chi connectivity index (χ1v) is 7.77. The van der Waals surface area contributed by atoms with Crippen LogP contribution in [-0.2, 0) is 13.0 Å². The Hall–Kier alpha value is -1.39. The van der Waals surface area contributed by atoms with E-state index in [2.05, 4.69) is 43.2 Å². The third kappa shape index (κ3) is 3.02. The van der Waals surface area contributed by atoms with Gasteiger partial charge in [-0.15, -0.1) is 11.3 Å². The molecule has 3 rings (SSSR count). The number of benzene rings is 1. The highest BCUT2D eigenvalue weighted by molar-refractivity contribution is 7.11. The molecule has 20 heavy (non-hydrogen) atoms. The minimum absolute atomic E-state index is 0.0841. The quantitative estimate of drug-likeness (QED) is 0.935. The van der Waals surface area contributed by atoms with Crippen LogP contribution in [0, 0.1) is 0 Å². The molecule has 0 saturated heterocycles. The van der Waals surface area contributed by atoms with Gasteiger partial charge in [0, 0.05) is 29.6 Å². The molecule has 0 radical (unpaired) electrons. The van der Waals surface area contributed by atoms with E-state index in [-0.39, 0.29) is 11.6 Å². The number of aromatic nitrogens is 1. The first-order chi connectivity index (χ1) is 9.51. The monoisotopic (exact) mass is 288 g/mol. The molecule has 0 saturated carbocycles. The molecule has 1 aliphatic heterocycles. The van der Waals surface area contributed by atoms with Crippen LogP contribution >= 0.6 is 11.3 Å². The summed E-state index contributed by atoms with van der Waals surface area (Å²) in [5.74, 6) is 1.00. The number of fused-ring (bicyclic) bond motifs is 1. The molecule has 0 bridgehead atoms. The van der Waals surface area contributed by atoms with Crippen molar-refractivity contribution < 1.29 is 4.74 Å². The van der Waals surface area contributed by atoms with E-state index in [0.717, 1.165) is 23.7 Å². The van der Waals surface area contributed by atoms with Crippen molar-refractivity contribution in [1.29, 1.82) is 0 Å². The van der Waals surface area contributed by atoms with E-state index < -0.39 is 0 Å². The molecule has 1 aliphatic rings. The topological polar surface area (TPSA) is 34.2 Å². The summed E-state index contributed by atoms with van der Waals surface area (Å²) in [5, 5.41) is 4.56. The Morgan fingerprint density at radius 2 is 2.15 bits per heavy atom. The fourth-order valence-electron chi connectivity index (χ4n) is 2.23. The molecule has 1 atom stereocenters. The summed E-state index contributed by atoms with van der Waals surface area (Å²) in [6.45, 7) is 7.38. The smallest absolute Gasteiger partial charge is 0.154 e. The summed E-state index contributed by atoms with van der Waals surface area (Å²) in [5.41, 5.74) is 1.41. The van der Waals surface area contributed by atoms with Gasteiger partial charge < -0.3 is 10.1 Å². The lowest BCUT2D eigenvalue weighted by Gasteiger charge is -2.19. The maximum atomic E-state index is 5.98. The van der Waals surface area contributed by atoms with E-state index in [1.807, 2.05) is 18.3 Å². The molecule has 1 N–H and O–H groups in total. The van der Waals surface area contributed by atoms with E-state index in [4.69, 9.17) is 4.74 Å². The van der Waals surface area contributed by atoms with Crippen LogP contribution in [0.4, 0.5) is 0 Å². The lowest BCUT2D eigenvalue weighted by atomic mass is 10.1. The molecule has 1 aromatic heterocycles. The Bertz CT molecular complexity index is 576. The van der Waals surface area contributed by atoms with Gasteiger partial charge in [-0.3, -0.25) is 0 Å². The zero-order valence-electron chi connectivity index (χ0n) is 12.1. The molecule has 2 aromatic rings. The van der Waals surface area contributed by atoms with Crippen molar-refractivity contribution in [2.24, 2.45) is 0 Å². The fourth-order valence-corrected chi connectivity index (χ4v) is 3.11. The van der Waals surface area contributed by atoms with Gasteiger partial charge in [0.2, 0.25) is 0 Å². The zero-order valence-corrected chi connectivity index (χ0v) is 13.0. The van der Waals surface area contributed by atoms with Crippen molar-refractivity contribution in [1.82, 2.24) is 10.3 Å². The average molecular weight is 288 g/mol. The van der Waals surface area contributed by atoms with Gasteiger partial charge in [0.15, 0.2) is 6.10 Å². The summed E-state index contributed by atoms with van der Waals surface area (Å²) >= 11 is 1.74. The van der Waals surface area contributed by atoms with Crippen LogP contribution < -0.4 is 10.1 Å². The van der Waals surface area contributed by atoms with Gasteiger partial charge in [-0.2, -0.15) is 0 Å². The van der Waals surface area contributed by atoms with Gasteiger partial charge in [-0.05, 0) is 32.4 Å². The fraction of sp³-hybridized carbons (Fsp3) is 0.438. The number of nitrogens with zero attached hydrogens (tertiary/aromatic N) is 1. The molecule has 1 unspecified atom stereocenters. The molecule has 0 aliphatic carbocycles. The molecular formula is C16H20N2OS. The van der Waals surface area contributed by atoms with Gasteiger partial charge in [0.1, 0.15) is 10.8 Å². The van der Waals surface area contributed by atoms with Crippen molar-refractivity contribution in [2.45, 2.75) is 45.4 Å². The van der Waals surface area contributed by atoms with Crippen LogP contribution in [0.5, 0.6) is 5.75 Å². The highest BCUT2D eigenvalue weighted by atomic mass is 32.1. The van der Waals surface area contributed by atoms with Crippen LogP contribution in [0.2, 0.25) is 0 Å². The SMILES string of the molecule is CC(C)(C)NCc1cnc(C2Cc3ccccc3O2)s1. The zero-order chi connectivity index (χ0) is 14.2. The minimum atomic E-state index is 0.0841. The molecule has 106 valence electrons. The first kappa shape index (κ1) is 13.6. The van der Waals surface area contributed by atoms with Crippen LogP contribution in [-0.4, -0.2) is 10.5 Å². The molecule has 1 aromatic carbocycles. The number of rotatable bonds is 3. The number of thiazole rings is 1. The van der Waals surface area contributed by atoms with Crippen LogP contribution in [0.3, 0.4) is 0 Å². The number of hydrogen-bond donors (Lipinski definition) is 1. The second-order valence-corrected chi connectivity index (χ2v) is 7.33. The van der Waals surface area contributed by atoms with E-state index in [0.29, 0.717) is 0 Å². The van der Waals surface area contributed by atoms with Crippen molar-refractivity contribution >= 4 is 11.3 Å². The Balaban J connectivity index is 1.67. The normalized spacial score (nSPS) is 17.9. The van der Waals surface area contributed by atoms with Crippen molar-refractivity contribution in [3.63, 3.8) is 0 Å². The maximum Gasteiger partial charge on any atom is 0.154 e. The molecule has 4 heteroatoms. The van der Waals surface area contributed by atoms with Crippen molar-refractivity contribution in [3.05, 3.63) is 45.9 Å². The van der Waals surface area contributed by atoms with Crippen molar-refractivity contribution in [2.75, 3.05) is 0 Å². The van der Waals surface area contributed by atoms with Gasteiger partial charge in [-0.1, -0.05) is 18.2 Å². The molecule has 2 heterocycles. The second-order valence-electron chi connectivity index (χ2n) is 6.19. The lowest BCUT2D eigenvalue weighted by Crippen LogP contribution is -2.34. The molecular weight excluding hydrogens is 268 g/mol. The molecule has 0 amide bonds. The lowest BCUT2D eigenvalue weighted by molar-refractivity contribution is 0.238. The van der Waals surface area contributed by atoms with Crippen molar-refractivity contribution in [3.8, 4) is 5.75 Å². The van der Waals surface area contributed by atoms with Gasteiger partial charge in [0.05, 0.1) is 0 Å². The second kappa shape index (κ2) is 5.19. The Kier molecular flexibility index (Phi) is 3.52. The maximum absolute atomic E-state index is 5.98. The Labute approximate surface area is 124 Å². The number of para-hydroxylation sites is 1. The third-order valence-electron chi connectivity index (χ3n) is 3.29. The average Bonchev–Trinajstić information content (AvgIpc) is 3.01.